The Balaban J connectivity index is 4.41. The highest BCUT2D eigenvalue weighted by molar-refractivity contribution is 5.70. The highest BCUT2D eigenvalue weighted by atomic mass is 16.7. The molecule has 0 saturated heterocycles. The molecular weight excluding hydrogens is 144 g/mol. The molecule has 0 unspecified atom stereocenters. The van der Waals surface area contributed by atoms with E-state index < -0.39 is 16.2 Å². The SMILES string of the molecule is [N-]=[N+]=NN(C(N)=O)[N+](=O)[O-]. The molecule has 54 valence electrons. The third-order valence-corrected chi connectivity index (χ3v) is 0.477. The average molecular weight is 146 g/mol. The minimum absolute atomic E-state index is 0.417. The largest absolute Gasteiger partial charge is 0.499 e. The monoisotopic (exact) mass is 146 g/mol. The molecule has 0 aliphatic rings. The molecule has 0 aliphatic carbocycles. The lowest BCUT2D eigenvalue weighted by Crippen LogP contribution is -2.35. The summed E-state index contributed by atoms with van der Waals surface area (Å²) in [6.07, 6.45) is 0. The summed E-state index contributed by atoms with van der Waals surface area (Å²) in [6, 6.07) is -1.44. The molecule has 0 aromatic rings. The fourth-order valence-electron chi connectivity index (χ4n) is 0.195. The maximum absolute atomic E-state index is 9.97. The fraction of sp³-hybridized carbons (Fsp3) is 0. The van der Waals surface area contributed by atoms with Gasteiger partial charge in [-0.15, -0.1) is 0 Å². The second-order valence-electron chi connectivity index (χ2n) is 1.04. The van der Waals surface area contributed by atoms with Gasteiger partial charge in [-0.05, 0) is 0 Å². The molecule has 2 N–H and O–H groups in total. The number of primary amides is 1. The zero-order valence-electron chi connectivity index (χ0n) is 4.54. The second-order valence-corrected chi connectivity index (χ2v) is 1.04. The van der Waals surface area contributed by atoms with E-state index in [-0.39, 0.29) is 0 Å². The van der Waals surface area contributed by atoms with E-state index >= 15 is 0 Å². The zero-order chi connectivity index (χ0) is 8.15. The number of carbonyl (C=O) groups is 1. The summed E-state index contributed by atoms with van der Waals surface area (Å²) in [5.41, 5.74) is 12.0. The Kier molecular flexibility index (Phi) is 2.47. The average Bonchev–Trinajstić information content (AvgIpc) is 1.81. The highest BCUT2D eigenvalue weighted by Gasteiger charge is 2.32. The van der Waals surface area contributed by atoms with E-state index in [1.807, 2.05) is 4.91 Å². The van der Waals surface area contributed by atoms with Crippen molar-refractivity contribution in [3.63, 3.8) is 0 Å². The van der Waals surface area contributed by atoms with E-state index in [1.165, 1.54) is 0 Å². The first-order chi connectivity index (χ1) is 4.59. The van der Waals surface area contributed by atoms with Crippen molar-refractivity contribution in [2.45, 2.75) is 0 Å². The van der Waals surface area contributed by atoms with Crippen LogP contribution in [0, 0.1) is 10.1 Å². The van der Waals surface area contributed by atoms with Gasteiger partial charge in [0.15, 0.2) is 5.03 Å². The number of urea groups is 1. The summed E-state index contributed by atoms with van der Waals surface area (Å²) >= 11 is 0. The number of azide groups is 1. The number of hydrogen-bond acceptors (Lipinski definition) is 4. The van der Waals surface area contributed by atoms with Crippen LogP contribution in [0.3, 0.4) is 0 Å². The van der Waals surface area contributed by atoms with Gasteiger partial charge in [0, 0.05) is 0 Å². The van der Waals surface area contributed by atoms with Crippen molar-refractivity contribution >= 4 is 6.03 Å². The predicted octanol–water partition coefficient (Wildman–Crippen LogP) is -0.216. The Bertz CT molecular complexity index is 186. The van der Waals surface area contributed by atoms with Gasteiger partial charge in [0.2, 0.25) is 0 Å². The summed E-state index contributed by atoms with van der Waals surface area (Å²) < 4.78 is 0. The summed E-state index contributed by atoms with van der Waals surface area (Å²) in [5.74, 6) is 0. The molecule has 0 heterocycles. The van der Waals surface area contributed by atoms with Crippen molar-refractivity contribution in [1.29, 1.82) is 0 Å². The smallest absolute Gasteiger partial charge is 0.324 e. The van der Waals surface area contributed by atoms with Crippen molar-refractivity contribution in [3.8, 4) is 0 Å². The Morgan fingerprint density at radius 1 is 1.90 bits per heavy atom. The first-order valence-corrected chi connectivity index (χ1v) is 1.88. The topological polar surface area (TPSA) is 138 Å². The number of nitrogens with zero attached hydrogens (tertiary/aromatic N) is 5. The minimum Gasteiger partial charge on any atom is -0.324 e. The maximum Gasteiger partial charge on any atom is 0.499 e. The van der Waals surface area contributed by atoms with Gasteiger partial charge in [0.1, 0.15) is 0 Å². The van der Waals surface area contributed by atoms with Crippen molar-refractivity contribution in [1.82, 2.24) is 5.12 Å². The third-order valence-electron chi connectivity index (χ3n) is 0.477. The van der Waals surface area contributed by atoms with E-state index in [0.717, 1.165) is 0 Å². The van der Waals surface area contributed by atoms with Crippen LogP contribution in [0.5, 0.6) is 0 Å². The van der Waals surface area contributed by atoms with Crippen LogP contribution in [0.2, 0.25) is 0 Å². The molecule has 0 aromatic carbocycles. The number of hydrazine groups is 1. The zero-order valence-corrected chi connectivity index (χ0v) is 4.54. The van der Waals surface area contributed by atoms with Crippen molar-refractivity contribution in [2.24, 2.45) is 11.0 Å². The molecule has 0 spiro atoms. The van der Waals surface area contributed by atoms with Crippen LogP contribution in [0.4, 0.5) is 4.79 Å². The van der Waals surface area contributed by atoms with Gasteiger partial charge < -0.3 is 15.8 Å². The van der Waals surface area contributed by atoms with Gasteiger partial charge in [0.25, 0.3) is 5.12 Å². The predicted molar refractivity (Wildman–Crippen MR) is 27.6 cm³/mol. The van der Waals surface area contributed by atoms with Crippen molar-refractivity contribution < 1.29 is 9.83 Å². The molecule has 0 atom stereocenters. The van der Waals surface area contributed by atoms with Crippen LogP contribution in [-0.4, -0.2) is 16.2 Å². The van der Waals surface area contributed by atoms with E-state index in [1.54, 1.807) is 0 Å². The van der Waals surface area contributed by atoms with E-state index in [0.29, 0.717) is 0 Å². The molecule has 2 amide bonds. The molecule has 0 bridgehead atoms. The number of amides is 2. The number of nitro groups is 1. The van der Waals surface area contributed by atoms with Gasteiger partial charge in [0.05, 0.1) is 4.91 Å². The molecule has 9 nitrogen and oxygen atoms in total. The summed E-state index contributed by atoms with van der Waals surface area (Å²) in [4.78, 5) is 21.7. The maximum atomic E-state index is 9.97. The Morgan fingerprint density at radius 2 is 2.40 bits per heavy atom. The summed E-state index contributed by atoms with van der Waals surface area (Å²) in [7, 11) is 0. The molecule has 0 aromatic heterocycles. The van der Waals surface area contributed by atoms with E-state index in [2.05, 4.69) is 11.0 Å². The van der Waals surface area contributed by atoms with Crippen LogP contribution in [-0.2, 0) is 0 Å². The number of hydrogen-bond donors (Lipinski definition) is 1. The Hall–Kier alpha value is -2.02. The van der Waals surface area contributed by atoms with Crippen LogP contribution in [0.15, 0.2) is 5.22 Å². The van der Waals surface area contributed by atoms with E-state index in [9.17, 15) is 14.9 Å². The number of nitrogens with two attached hydrogens (primary N) is 1. The standard InChI is InChI=1S/CH2N6O3/c2-1(8)6(5-4-3)7(9)10/h(H2,2,8). The lowest BCUT2D eigenvalue weighted by Gasteiger charge is -1.87. The molecule has 9 heteroatoms. The molecule has 10 heavy (non-hydrogen) atoms. The fourth-order valence-corrected chi connectivity index (χ4v) is 0.195. The Morgan fingerprint density at radius 3 is 2.50 bits per heavy atom. The molecule has 0 rings (SSSR count). The lowest BCUT2D eigenvalue weighted by atomic mass is 11.1. The summed E-state index contributed by atoms with van der Waals surface area (Å²) in [6.45, 7) is 0. The second kappa shape index (κ2) is 3.10. The highest BCUT2D eigenvalue weighted by Crippen LogP contribution is 1.87. The lowest BCUT2D eigenvalue weighted by molar-refractivity contribution is -0.634. The summed E-state index contributed by atoms with van der Waals surface area (Å²) in [5, 5.41) is 10.4. The van der Waals surface area contributed by atoms with Crippen molar-refractivity contribution in [3.05, 3.63) is 20.6 Å². The normalized spacial score (nSPS) is 7.60. The molecule has 0 fully saturated rings. The molecule has 0 radical (unpaired) electrons. The van der Waals surface area contributed by atoms with Crippen molar-refractivity contribution in [2.75, 3.05) is 0 Å². The first-order valence-electron chi connectivity index (χ1n) is 1.88. The van der Waals surface area contributed by atoms with E-state index in [4.69, 9.17) is 5.53 Å². The molecule has 0 aliphatic heterocycles. The van der Waals surface area contributed by atoms with Crippen LogP contribution in [0.1, 0.15) is 0 Å². The number of rotatable bonds is 2. The third kappa shape index (κ3) is 1.84. The van der Waals surface area contributed by atoms with Crippen LogP contribution >= 0.6 is 0 Å². The molecule has 0 saturated carbocycles. The molecular formula is CH2N6O3. The first kappa shape index (κ1) is 7.98. The van der Waals surface area contributed by atoms with Gasteiger partial charge in [-0.1, -0.05) is 5.53 Å². The number of carbonyl (C=O) groups excluding carboxylic acids is 1. The van der Waals surface area contributed by atoms with Gasteiger partial charge in [-0.3, -0.25) is 0 Å². The van der Waals surface area contributed by atoms with Gasteiger partial charge in [-0.25, -0.2) is 4.79 Å². The minimum atomic E-state index is -1.44. The van der Waals surface area contributed by atoms with Gasteiger partial charge in [-0.2, -0.15) is 0 Å². The quantitative estimate of drug-likeness (QED) is 0.189. The Labute approximate surface area is 53.7 Å². The van der Waals surface area contributed by atoms with Gasteiger partial charge >= 0.3 is 11.3 Å². The van der Waals surface area contributed by atoms with Crippen LogP contribution < -0.4 is 5.73 Å². The van der Waals surface area contributed by atoms with Crippen LogP contribution in [0.25, 0.3) is 10.4 Å².